The summed E-state index contributed by atoms with van der Waals surface area (Å²) in [6.45, 7) is 0.0683. The summed E-state index contributed by atoms with van der Waals surface area (Å²) in [6, 6.07) is 67.6. The lowest BCUT2D eigenvalue weighted by Gasteiger charge is -2.39. The van der Waals surface area contributed by atoms with Gasteiger partial charge in [0.05, 0.1) is 0 Å². The quantitative estimate of drug-likeness (QED) is 0.167. The number of hydrogen-bond acceptors (Lipinski definition) is 4. The van der Waals surface area contributed by atoms with Crippen molar-refractivity contribution in [1.82, 2.24) is 0 Å². The zero-order valence-electron chi connectivity index (χ0n) is 28.7. The molecule has 248 valence electrons. The van der Waals surface area contributed by atoms with Gasteiger partial charge in [-0.1, -0.05) is 109 Å². The largest absolute Gasteiger partial charge is 0.458 e. The van der Waals surface area contributed by atoms with Gasteiger partial charge in [-0.3, -0.25) is 0 Å². The monoisotopic (exact) mass is 694 g/mol. The average molecular weight is 695 g/mol. The van der Waals surface area contributed by atoms with Crippen molar-refractivity contribution < 1.29 is 4.74 Å². The molecule has 0 atom stereocenters. The third-order valence-electron chi connectivity index (χ3n) is 10.7. The van der Waals surface area contributed by atoms with Crippen LogP contribution in [-0.2, 0) is 0 Å². The predicted molar refractivity (Wildman–Crippen MR) is 225 cm³/mol. The summed E-state index contributed by atoms with van der Waals surface area (Å²) in [4.78, 5) is 4.73. The molecule has 0 saturated carbocycles. The number of nitrogens with zero attached hydrogens (tertiary/aromatic N) is 2. The van der Waals surface area contributed by atoms with E-state index in [1.807, 2.05) is 11.3 Å². The molecule has 5 heteroatoms. The van der Waals surface area contributed by atoms with Crippen molar-refractivity contribution in [2.45, 2.75) is 0 Å². The molecule has 0 saturated heterocycles. The second kappa shape index (κ2) is 12.0. The number of fused-ring (bicyclic) bond motifs is 7. The first-order valence-electron chi connectivity index (χ1n) is 18.0. The molecule has 11 rings (SSSR count). The summed E-state index contributed by atoms with van der Waals surface area (Å²) in [5.41, 5.74) is 13.0. The molecule has 0 unspecified atom stereocenters. The average Bonchev–Trinajstić information content (AvgIpc) is 3.58. The molecule has 2 aliphatic rings. The number of ether oxygens (including phenoxy) is 1. The van der Waals surface area contributed by atoms with Crippen molar-refractivity contribution in [2.75, 3.05) is 9.80 Å². The fourth-order valence-corrected chi connectivity index (χ4v) is 9.51. The molecule has 2 aliphatic heterocycles. The summed E-state index contributed by atoms with van der Waals surface area (Å²) >= 11 is 1.86. The van der Waals surface area contributed by atoms with Gasteiger partial charge in [-0.2, -0.15) is 0 Å². The molecule has 3 nitrogen and oxygen atoms in total. The molecule has 0 aliphatic carbocycles. The zero-order valence-corrected chi connectivity index (χ0v) is 29.5. The van der Waals surface area contributed by atoms with Gasteiger partial charge < -0.3 is 14.5 Å². The maximum absolute atomic E-state index is 6.84. The predicted octanol–water partition coefficient (Wildman–Crippen LogP) is 11.6. The van der Waals surface area contributed by atoms with Crippen LogP contribution in [0.3, 0.4) is 0 Å². The maximum Gasteiger partial charge on any atom is 0.256 e. The summed E-state index contributed by atoms with van der Waals surface area (Å²) in [5, 5.41) is 2.47. The van der Waals surface area contributed by atoms with E-state index in [-0.39, 0.29) is 6.71 Å². The van der Waals surface area contributed by atoms with Crippen molar-refractivity contribution in [3.63, 3.8) is 0 Å². The van der Waals surface area contributed by atoms with Crippen molar-refractivity contribution in [2.24, 2.45) is 0 Å². The van der Waals surface area contributed by atoms with Gasteiger partial charge in [0.1, 0.15) is 11.5 Å². The van der Waals surface area contributed by atoms with Crippen molar-refractivity contribution in [3.05, 3.63) is 188 Å². The molecule has 3 heterocycles. The molecule has 0 amide bonds. The fraction of sp³-hybridized carbons (Fsp3) is 0. The van der Waals surface area contributed by atoms with E-state index in [1.165, 1.54) is 59.1 Å². The highest BCUT2D eigenvalue weighted by molar-refractivity contribution is 7.26. The van der Waals surface area contributed by atoms with E-state index in [9.17, 15) is 0 Å². The van der Waals surface area contributed by atoms with Crippen LogP contribution in [-0.4, -0.2) is 6.71 Å². The molecule has 0 spiro atoms. The van der Waals surface area contributed by atoms with Gasteiger partial charge in [-0.15, -0.1) is 11.3 Å². The number of anilines is 6. The normalized spacial score (nSPS) is 12.6. The molecule has 0 N–H and O–H groups in total. The van der Waals surface area contributed by atoms with Crippen LogP contribution in [0.15, 0.2) is 188 Å². The van der Waals surface area contributed by atoms with E-state index < -0.39 is 0 Å². The first kappa shape index (κ1) is 30.1. The van der Waals surface area contributed by atoms with Gasteiger partial charge >= 0.3 is 0 Å². The van der Waals surface area contributed by atoms with Crippen LogP contribution in [0.2, 0.25) is 0 Å². The van der Waals surface area contributed by atoms with Crippen LogP contribution in [0, 0.1) is 0 Å². The standard InChI is InChI=1S/C48H31BN2OS/c1-4-13-32(14-5-1)33-23-25-36(26-24-33)50(34-15-6-2-7-16-34)37-27-28-38-39-30-45-41(31-47(39)53-46(38)29-37)49-40-19-10-11-20-42(40)51(35-17-8-3-9-18-35)43-21-12-22-44(52-45)48(43)49/h1-31H. The van der Waals surface area contributed by atoms with Crippen molar-refractivity contribution in [3.8, 4) is 22.6 Å². The fourth-order valence-electron chi connectivity index (χ4n) is 8.34. The van der Waals surface area contributed by atoms with Gasteiger partial charge in [0.2, 0.25) is 0 Å². The van der Waals surface area contributed by atoms with E-state index in [0.717, 1.165) is 34.2 Å². The molecule has 1 aromatic heterocycles. The first-order valence-corrected chi connectivity index (χ1v) is 18.9. The van der Waals surface area contributed by atoms with Crippen LogP contribution >= 0.6 is 11.3 Å². The molecular weight excluding hydrogens is 663 g/mol. The third kappa shape index (κ3) is 4.82. The third-order valence-corrected chi connectivity index (χ3v) is 11.8. The van der Waals surface area contributed by atoms with Crippen LogP contribution in [0.1, 0.15) is 0 Å². The Bertz CT molecular complexity index is 2820. The van der Waals surface area contributed by atoms with Gasteiger partial charge in [-0.25, -0.2) is 0 Å². The van der Waals surface area contributed by atoms with Crippen LogP contribution in [0.5, 0.6) is 11.5 Å². The molecule has 0 fully saturated rings. The maximum atomic E-state index is 6.84. The number of rotatable bonds is 5. The van der Waals surface area contributed by atoms with Gasteiger partial charge in [0.25, 0.3) is 6.71 Å². The summed E-state index contributed by atoms with van der Waals surface area (Å²) < 4.78 is 9.35. The zero-order chi connectivity index (χ0) is 34.9. The SMILES string of the molecule is c1ccc(-c2ccc(N(c3ccccc3)c3ccc4c(c3)sc3cc5c(cc34)Oc3cccc4c3B5c3ccccc3N4c3ccccc3)cc2)cc1. The van der Waals surface area contributed by atoms with Crippen LogP contribution in [0.25, 0.3) is 31.3 Å². The first-order chi connectivity index (χ1) is 26.3. The highest BCUT2D eigenvalue weighted by Gasteiger charge is 2.41. The number of benzene rings is 8. The minimum Gasteiger partial charge on any atom is -0.458 e. The Morgan fingerprint density at radius 2 is 1.09 bits per heavy atom. The van der Waals surface area contributed by atoms with Gasteiger partial charge in [0.15, 0.2) is 0 Å². The molecule has 53 heavy (non-hydrogen) atoms. The molecule has 8 aromatic carbocycles. The smallest absolute Gasteiger partial charge is 0.256 e. The summed E-state index contributed by atoms with van der Waals surface area (Å²) in [7, 11) is 0. The second-order valence-electron chi connectivity index (χ2n) is 13.7. The van der Waals surface area contributed by atoms with E-state index in [2.05, 4.69) is 198 Å². The Kier molecular flexibility index (Phi) is 6.82. The lowest BCUT2D eigenvalue weighted by molar-refractivity contribution is 0.488. The van der Waals surface area contributed by atoms with Crippen molar-refractivity contribution in [1.29, 1.82) is 0 Å². The van der Waals surface area contributed by atoms with Crippen LogP contribution < -0.4 is 30.9 Å². The Labute approximate surface area is 312 Å². The minimum atomic E-state index is 0.0683. The van der Waals surface area contributed by atoms with E-state index in [0.29, 0.717) is 0 Å². The highest BCUT2D eigenvalue weighted by atomic mass is 32.1. The Balaban J connectivity index is 1.04. The number of hydrogen-bond donors (Lipinski definition) is 0. The Morgan fingerprint density at radius 1 is 0.453 bits per heavy atom. The van der Waals surface area contributed by atoms with Crippen LogP contribution in [0.4, 0.5) is 34.1 Å². The number of para-hydroxylation sites is 3. The minimum absolute atomic E-state index is 0.0683. The topological polar surface area (TPSA) is 15.7 Å². The highest BCUT2D eigenvalue weighted by Crippen LogP contribution is 2.44. The van der Waals surface area contributed by atoms with Crippen molar-refractivity contribution >= 4 is 88.7 Å². The lowest BCUT2D eigenvalue weighted by atomic mass is 9.34. The Morgan fingerprint density at radius 3 is 1.91 bits per heavy atom. The summed E-state index contributed by atoms with van der Waals surface area (Å²) in [6.07, 6.45) is 0. The lowest BCUT2D eigenvalue weighted by Crippen LogP contribution is -2.59. The van der Waals surface area contributed by atoms with E-state index in [4.69, 9.17) is 4.74 Å². The number of thiophene rings is 1. The second-order valence-corrected chi connectivity index (χ2v) is 14.8. The Hall–Kier alpha value is -6.56. The van der Waals surface area contributed by atoms with Gasteiger partial charge in [-0.05, 0) is 106 Å². The molecule has 0 radical (unpaired) electrons. The van der Waals surface area contributed by atoms with E-state index in [1.54, 1.807) is 0 Å². The molecule has 0 bridgehead atoms. The van der Waals surface area contributed by atoms with Gasteiger partial charge in [0, 0.05) is 54.3 Å². The summed E-state index contributed by atoms with van der Waals surface area (Å²) in [5.74, 6) is 1.86. The molecule has 9 aromatic rings. The van der Waals surface area contributed by atoms with E-state index >= 15 is 0 Å². The molecular formula is C48H31BN2OS.